The van der Waals surface area contributed by atoms with E-state index >= 15 is 0 Å². The molecule has 1 aromatic carbocycles. The molecule has 0 aromatic heterocycles. The fourth-order valence-corrected chi connectivity index (χ4v) is 1.49. The number of hydrogen-bond acceptors (Lipinski definition) is 3. The third-order valence-electron chi connectivity index (χ3n) is 2.01. The summed E-state index contributed by atoms with van der Waals surface area (Å²) < 4.78 is 18.5. The molecule has 1 rings (SSSR count). The molecule has 0 amide bonds. The molecule has 1 atom stereocenters. The molecule has 0 saturated carbocycles. The first-order valence-corrected chi connectivity index (χ1v) is 6.21. The molecule has 15 heavy (non-hydrogen) atoms. The average molecular weight is 229 g/mol. The monoisotopic (exact) mass is 229 g/mol. The zero-order chi connectivity index (χ0) is 11.3. The predicted molar refractivity (Wildman–Crippen MR) is 62.9 cm³/mol. The Morgan fingerprint density at radius 1 is 1.53 bits per heavy atom. The second kappa shape index (κ2) is 5.98. The van der Waals surface area contributed by atoms with Gasteiger partial charge in [-0.1, -0.05) is 0 Å². The van der Waals surface area contributed by atoms with E-state index in [1.807, 2.05) is 13.2 Å². The lowest BCUT2D eigenvalue weighted by Crippen LogP contribution is -2.09. The van der Waals surface area contributed by atoms with Crippen LogP contribution in [-0.4, -0.2) is 18.6 Å². The molecule has 0 radical (unpaired) electrons. The fourth-order valence-electron chi connectivity index (χ4n) is 1.24. The summed E-state index contributed by atoms with van der Waals surface area (Å²) in [5.74, 6) is 1.32. The van der Waals surface area contributed by atoms with Crippen molar-refractivity contribution in [3.8, 4) is 5.75 Å². The van der Waals surface area contributed by atoms with Gasteiger partial charge in [-0.2, -0.15) is 11.8 Å². The normalized spacial score (nSPS) is 12.5. The average Bonchev–Trinajstić information content (AvgIpc) is 2.20. The zero-order valence-corrected chi connectivity index (χ0v) is 9.81. The highest BCUT2D eigenvalue weighted by atomic mass is 32.2. The van der Waals surface area contributed by atoms with E-state index in [1.165, 1.54) is 12.1 Å². The molecule has 0 aliphatic rings. The SMILES string of the molecule is CSCCOc1ccc(F)cc1[C@@H](C)N. The van der Waals surface area contributed by atoms with Gasteiger partial charge in [0, 0.05) is 17.4 Å². The maximum atomic E-state index is 13.0. The highest BCUT2D eigenvalue weighted by Gasteiger charge is 2.09. The van der Waals surface area contributed by atoms with Crippen LogP contribution in [0.4, 0.5) is 4.39 Å². The Balaban J connectivity index is 2.77. The molecule has 0 heterocycles. The van der Waals surface area contributed by atoms with E-state index in [0.717, 1.165) is 11.3 Å². The quantitative estimate of drug-likeness (QED) is 0.788. The van der Waals surface area contributed by atoms with Crippen LogP contribution in [0.25, 0.3) is 0 Å². The van der Waals surface area contributed by atoms with Crippen molar-refractivity contribution < 1.29 is 9.13 Å². The van der Waals surface area contributed by atoms with Gasteiger partial charge in [0.1, 0.15) is 11.6 Å². The van der Waals surface area contributed by atoms with Crippen molar-refractivity contribution in [2.24, 2.45) is 5.73 Å². The lowest BCUT2D eigenvalue weighted by Gasteiger charge is -2.13. The zero-order valence-electron chi connectivity index (χ0n) is 9.00. The number of thioether (sulfide) groups is 1. The molecule has 0 aliphatic heterocycles. The summed E-state index contributed by atoms with van der Waals surface area (Å²) in [5, 5.41) is 0. The third kappa shape index (κ3) is 3.72. The van der Waals surface area contributed by atoms with E-state index in [-0.39, 0.29) is 11.9 Å². The lowest BCUT2D eigenvalue weighted by atomic mass is 10.1. The van der Waals surface area contributed by atoms with Gasteiger partial charge in [0.25, 0.3) is 0 Å². The lowest BCUT2D eigenvalue weighted by molar-refractivity contribution is 0.337. The van der Waals surface area contributed by atoms with Crippen LogP contribution in [0.15, 0.2) is 18.2 Å². The Bertz CT molecular complexity index is 317. The number of nitrogens with two attached hydrogens (primary N) is 1. The summed E-state index contributed by atoms with van der Waals surface area (Å²) >= 11 is 1.71. The summed E-state index contributed by atoms with van der Waals surface area (Å²) in [6, 6.07) is 4.23. The van der Waals surface area contributed by atoms with Crippen LogP contribution in [0.1, 0.15) is 18.5 Å². The molecule has 1 aromatic rings. The molecular weight excluding hydrogens is 213 g/mol. The molecule has 2 N–H and O–H groups in total. The van der Waals surface area contributed by atoms with E-state index in [4.69, 9.17) is 10.5 Å². The fraction of sp³-hybridized carbons (Fsp3) is 0.455. The van der Waals surface area contributed by atoms with Crippen molar-refractivity contribution >= 4 is 11.8 Å². The van der Waals surface area contributed by atoms with Crippen molar-refractivity contribution in [1.29, 1.82) is 0 Å². The minimum Gasteiger partial charge on any atom is -0.492 e. The largest absolute Gasteiger partial charge is 0.492 e. The van der Waals surface area contributed by atoms with Crippen LogP contribution < -0.4 is 10.5 Å². The Morgan fingerprint density at radius 2 is 2.27 bits per heavy atom. The molecule has 0 spiro atoms. The highest BCUT2D eigenvalue weighted by molar-refractivity contribution is 7.98. The minimum absolute atomic E-state index is 0.218. The topological polar surface area (TPSA) is 35.2 Å². The molecule has 0 saturated heterocycles. The van der Waals surface area contributed by atoms with Gasteiger partial charge in [-0.05, 0) is 31.4 Å². The molecule has 4 heteroatoms. The van der Waals surface area contributed by atoms with Gasteiger partial charge >= 0.3 is 0 Å². The number of rotatable bonds is 5. The summed E-state index contributed by atoms with van der Waals surface area (Å²) in [4.78, 5) is 0. The first-order valence-electron chi connectivity index (χ1n) is 4.82. The van der Waals surface area contributed by atoms with Gasteiger partial charge in [-0.25, -0.2) is 4.39 Å². The van der Waals surface area contributed by atoms with E-state index in [9.17, 15) is 4.39 Å². The van der Waals surface area contributed by atoms with Crippen LogP contribution in [0.2, 0.25) is 0 Å². The summed E-state index contributed by atoms with van der Waals surface area (Å²) in [7, 11) is 0. The van der Waals surface area contributed by atoms with E-state index in [2.05, 4.69) is 0 Å². The standard InChI is InChI=1S/C11H16FNOS/c1-8(13)10-7-9(12)3-4-11(10)14-5-6-15-2/h3-4,7-8H,5-6,13H2,1-2H3/t8-/m1/s1. The van der Waals surface area contributed by atoms with Crippen LogP contribution >= 0.6 is 11.8 Å². The van der Waals surface area contributed by atoms with Gasteiger partial charge in [0.05, 0.1) is 6.61 Å². The Labute approximate surface area is 94.0 Å². The van der Waals surface area contributed by atoms with E-state index in [1.54, 1.807) is 17.8 Å². The molecular formula is C11H16FNOS. The summed E-state index contributed by atoms with van der Waals surface area (Å²) in [5.41, 5.74) is 6.45. The summed E-state index contributed by atoms with van der Waals surface area (Å²) in [6.07, 6.45) is 2.01. The smallest absolute Gasteiger partial charge is 0.124 e. The Hall–Kier alpha value is -0.740. The third-order valence-corrected chi connectivity index (χ3v) is 2.58. The number of halogens is 1. The minimum atomic E-state index is -0.278. The molecule has 2 nitrogen and oxygen atoms in total. The molecule has 0 bridgehead atoms. The molecule has 84 valence electrons. The molecule has 0 aliphatic carbocycles. The van der Waals surface area contributed by atoms with E-state index < -0.39 is 0 Å². The van der Waals surface area contributed by atoms with Crippen LogP contribution in [-0.2, 0) is 0 Å². The van der Waals surface area contributed by atoms with Gasteiger partial charge < -0.3 is 10.5 Å². The second-order valence-electron chi connectivity index (χ2n) is 3.31. The predicted octanol–water partition coefficient (Wildman–Crippen LogP) is 2.59. The van der Waals surface area contributed by atoms with E-state index in [0.29, 0.717) is 12.4 Å². The number of benzene rings is 1. The van der Waals surface area contributed by atoms with Crippen LogP contribution in [0.3, 0.4) is 0 Å². The maximum absolute atomic E-state index is 13.0. The van der Waals surface area contributed by atoms with Crippen molar-refractivity contribution in [2.75, 3.05) is 18.6 Å². The van der Waals surface area contributed by atoms with Gasteiger partial charge in [0.2, 0.25) is 0 Å². The number of hydrogen-bond donors (Lipinski definition) is 1. The van der Waals surface area contributed by atoms with Crippen molar-refractivity contribution in [3.05, 3.63) is 29.6 Å². The van der Waals surface area contributed by atoms with Gasteiger partial charge in [-0.15, -0.1) is 0 Å². The second-order valence-corrected chi connectivity index (χ2v) is 4.30. The number of ether oxygens (including phenoxy) is 1. The van der Waals surface area contributed by atoms with Crippen molar-refractivity contribution in [3.63, 3.8) is 0 Å². The van der Waals surface area contributed by atoms with Gasteiger partial charge in [0.15, 0.2) is 0 Å². The highest BCUT2D eigenvalue weighted by Crippen LogP contribution is 2.24. The molecule has 0 unspecified atom stereocenters. The van der Waals surface area contributed by atoms with Crippen LogP contribution in [0, 0.1) is 5.82 Å². The van der Waals surface area contributed by atoms with Crippen molar-refractivity contribution in [2.45, 2.75) is 13.0 Å². The summed E-state index contributed by atoms with van der Waals surface area (Å²) in [6.45, 7) is 2.43. The van der Waals surface area contributed by atoms with Gasteiger partial charge in [-0.3, -0.25) is 0 Å². The van der Waals surface area contributed by atoms with Crippen LogP contribution in [0.5, 0.6) is 5.75 Å². The first-order chi connectivity index (χ1) is 7.15. The Morgan fingerprint density at radius 3 is 2.87 bits per heavy atom. The molecule has 0 fully saturated rings. The first kappa shape index (κ1) is 12.3. The van der Waals surface area contributed by atoms with Crippen molar-refractivity contribution in [1.82, 2.24) is 0 Å². The Kier molecular flexibility index (Phi) is 4.91. The maximum Gasteiger partial charge on any atom is 0.124 e.